The molecule has 3 rings (SSSR count). The molecule has 0 saturated heterocycles. The molecule has 2 aromatic rings. The lowest BCUT2D eigenvalue weighted by Crippen LogP contribution is -2.16. The van der Waals surface area contributed by atoms with Gasteiger partial charge in [0.25, 0.3) is 0 Å². The van der Waals surface area contributed by atoms with Gasteiger partial charge in [0.05, 0.1) is 23.7 Å². The van der Waals surface area contributed by atoms with Crippen molar-refractivity contribution in [2.45, 2.75) is 0 Å². The summed E-state index contributed by atoms with van der Waals surface area (Å²) in [6.07, 6.45) is 2.65. The minimum atomic E-state index is -0.298. The van der Waals surface area contributed by atoms with Crippen LogP contribution >= 0.6 is 0 Å². The lowest BCUT2D eigenvalue weighted by atomic mass is 9.95. The number of carbonyl (C=O) groups is 2. The molecule has 0 aliphatic heterocycles. The molecule has 0 unspecified atom stereocenters. The molecule has 0 aromatic carbocycles. The molecular weight excluding hydrogens is 184 g/mol. The maximum Gasteiger partial charge on any atom is 0.232 e. The maximum absolute atomic E-state index is 11.7. The van der Waals surface area contributed by atoms with E-state index in [4.69, 9.17) is 8.83 Å². The van der Waals surface area contributed by atoms with Crippen LogP contribution in [0.4, 0.5) is 0 Å². The molecule has 0 N–H and O–H groups in total. The predicted octanol–water partition coefficient (Wildman–Crippen LogP) is 1.65. The molecule has 68 valence electrons. The summed E-state index contributed by atoms with van der Waals surface area (Å²) in [7, 11) is 0. The van der Waals surface area contributed by atoms with Gasteiger partial charge in [0.15, 0.2) is 11.5 Å². The Morgan fingerprint density at radius 1 is 0.786 bits per heavy atom. The monoisotopic (exact) mass is 188 g/mol. The van der Waals surface area contributed by atoms with E-state index >= 15 is 0 Å². The van der Waals surface area contributed by atoms with Crippen molar-refractivity contribution in [3.8, 4) is 0 Å². The zero-order valence-electron chi connectivity index (χ0n) is 6.94. The second-order valence-corrected chi connectivity index (χ2v) is 2.99. The van der Waals surface area contributed by atoms with E-state index in [1.807, 2.05) is 0 Å². The van der Waals surface area contributed by atoms with Gasteiger partial charge in [-0.1, -0.05) is 0 Å². The van der Waals surface area contributed by atoms with Gasteiger partial charge in [-0.3, -0.25) is 9.59 Å². The van der Waals surface area contributed by atoms with E-state index in [0.717, 1.165) is 0 Å². The van der Waals surface area contributed by atoms with Crippen LogP contribution in [0.25, 0.3) is 0 Å². The topological polar surface area (TPSA) is 60.4 Å². The normalized spacial score (nSPS) is 14.0. The summed E-state index contributed by atoms with van der Waals surface area (Å²) in [4.78, 5) is 23.3. The number of hydrogen-bond donors (Lipinski definition) is 0. The first-order valence-electron chi connectivity index (χ1n) is 4.03. The largest absolute Gasteiger partial charge is 0.460 e. The SMILES string of the molecule is O=C1c2ccoc2C(=O)c2ccoc21. The highest BCUT2D eigenvalue weighted by Gasteiger charge is 2.34. The molecule has 0 spiro atoms. The molecule has 0 fully saturated rings. The highest BCUT2D eigenvalue weighted by Crippen LogP contribution is 2.28. The van der Waals surface area contributed by atoms with Gasteiger partial charge in [-0.15, -0.1) is 0 Å². The van der Waals surface area contributed by atoms with Crippen LogP contribution in [0.3, 0.4) is 0 Å². The summed E-state index contributed by atoms with van der Waals surface area (Å²) >= 11 is 0. The van der Waals surface area contributed by atoms with Crippen LogP contribution in [0.15, 0.2) is 33.5 Å². The van der Waals surface area contributed by atoms with Crippen molar-refractivity contribution in [3.05, 3.63) is 47.3 Å². The Labute approximate surface area is 78.1 Å². The lowest BCUT2D eigenvalue weighted by molar-refractivity contribution is 0.0944. The van der Waals surface area contributed by atoms with Gasteiger partial charge < -0.3 is 8.83 Å². The van der Waals surface area contributed by atoms with Crippen molar-refractivity contribution in [3.63, 3.8) is 0 Å². The summed E-state index contributed by atoms with van der Waals surface area (Å²) in [6.45, 7) is 0. The van der Waals surface area contributed by atoms with Crippen LogP contribution < -0.4 is 0 Å². The van der Waals surface area contributed by atoms with Gasteiger partial charge in [0.2, 0.25) is 11.6 Å². The van der Waals surface area contributed by atoms with Gasteiger partial charge >= 0.3 is 0 Å². The van der Waals surface area contributed by atoms with Crippen LogP contribution in [0.1, 0.15) is 32.2 Å². The third kappa shape index (κ3) is 0.682. The van der Waals surface area contributed by atoms with Crippen molar-refractivity contribution in [2.24, 2.45) is 0 Å². The number of rotatable bonds is 0. The molecule has 0 bridgehead atoms. The number of ketones is 2. The zero-order valence-corrected chi connectivity index (χ0v) is 6.94. The molecule has 1 aliphatic rings. The number of hydrogen-bond acceptors (Lipinski definition) is 4. The van der Waals surface area contributed by atoms with Gasteiger partial charge in [-0.05, 0) is 12.1 Å². The molecular formula is C10H4O4. The van der Waals surface area contributed by atoms with Crippen LogP contribution in [-0.2, 0) is 0 Å². The van der Waals surface area contributed by atoms with Crippen LogP contribution in [-0.4, -0.2) is 11.6 Å². The van der Waals surface area contributed by atoms with Crippen molar-refractivity contribution < 1.29 is 18.4 Å². The summed E-state index contributed by atoms with van der Waals surface area (Å²) in [6, 6.07) is 2.95. The van der Waals surface area contributed by atoms with Gasteiger partial charge in [0, 0.05) is 0 Å². The Kier molecular flexibility index (Phi) is 1.16. The first-order chi connectivity index (χ1) is 6.79. The van der Waals surface area contributed by atoms with Crippen LogP contribution in [0, 0.1) is 0 Å². The van der Waals surface area contributed by atoms with Crippen molar-refractivity contribution >= 4 is 11.6 Å². The third-order valence-electron chi connectivity index (χ3n) is 2.23. The molecule has 4 nitrogen and oxygen atoms in total. The summed E-state index contributed by atoms with van der Waals surface area (Å²) < 4.78 is 9.91. The predicted molar refractivity (Wildman–Crippen MR) is 44.3 cm³/mol. The molecule has 1 aliphatic carbocycles. The maximum atomic E-state index is 11.7. The summed E-state index contributed by atoms with van der Waals surface area (Å²) in [5, 5.41) is 0. The highest BCUT2D eigenvalue weighted by molar-refractivity contribution is 6.26. The highest BCUT2D eigenvalue weighted by atomic mass is 16.4. The molecule has 14 heavy (non-hydrogen) atoms. The van der Waals surface area contributed by atoms with E-state index in [0.29, 0.717) is 0 Å². The van der Waals surface area contributed by atoms with Crippen molar-refractivity contribution in [2.75, 3.05) is 0 Å². The van der Waals surface area contributed by atoms with E-state index in [2.05, 4.69) is 0 Å². The number of carbonyl (C=O) groups excluding carboxylic acids is 2. The van der Waals surface area contributed by atoms with Crippen molar-refractivity contribution in [1.29, 1.82) is 0 Å². The second kappa shape index (κ2) is 2.23. The average Bonchev–Trinajstić information content (AvgIpc) is 2.82. The second-order valence-electron chi connectivity index (χ2n) is 2.99. The molecule has 2 aromatic heterocycles. The minimum Gasteiger partial charge on any atom is -0.460 e. The average molecular weight is 188 g/mol. The molecule has 0 atom stereocenters. The zero-order chi connectivity index (χ0) is 9.71. The smallest absolute Gasteiger partial charge is 0.232 e. The molecule has 0 amide bonds. The first kappa shape index (κ1) is 7.32. The molecule has 2 heterocycles. The Balaban J connectivity index is 2.37. The summed E-state index contributed by atoms with van der Waals surface area (Å²) in [5.74, 6) is -0.394. The fourth-order valence-corrected chi connectivity index (χ4v) is 1.57. The van der Waals surface area contributed by atoms with E-state index in [1.54, 1.807) is 0 Å². The standard InChI is InChI=1S/C10H4O4/c11-7-5-1-3-13-9(5)8(12)6-2-4-14-10(6)7/h1-4H. The quantitative estimate of drug-likeness (QED) is 0.538. The minimum absolute atomic E-state index is 0.101. The lowest BCUT2D eigenvalue weighted by Gasteiger charge is -2.06. The van der Waals surface area contributed by atoms with E-state index < -0.39 is 0 Å². The molecule has 0 radical (unpaired) electrons. The van der Waals surface area contributed by atoms with Crippen LogP contribution in [0.2, 0.25) is 0 Å². The fourth-order valence-electron chi connectivity index (χ4n) is 1.57. The van der Waals surface area contributed by atoms with E-state index in [-0.39, 0.29) is 34.2 Å². The number of fused-ring (bicyclic) bond motifs is 2. The third-order valence-corrected chi connectivity index (χ3v) is 2.23. The van der Waals surface area contributed by atoms with Gasteiger partial charge in [-0.2, -0.15) is 0 Å². The van der Waals surface area contributed by atoms with Crippen LogP contribution in [0.5, 0.6) is 0 Å². The first-order valence-corrected chi connectivity index (χ1v) is 4.03. The Morgan fingerprint density at radius 2 is 1.21 bits per heavy atom. The Hall–Kier alpha value is -2.10. The molecule has 4 heteroatoms. The fraction of sp³-hybridized carbons (Fsp3) is 0. The molecule has 0 saturated carbocycles. The number of furan rings is 2. The Morgan fingerprint density at radius 3 is 1.64 bits per heavy atom. The Bertz CT molecular complexity index is 453. The van der Waals surface area contributed by atoms with Crippen molar-refractivity contribution in [1.82, 2.24) is 0 Å². The van der Waals surface area contributed by atoms with E-state index in [9.17, 15) is 9.59 Å². The van der Waals surface area contributed by atoms with Gasteiger partial charge in [0.1, 0.15) is 0 Å². The van der Waals surface area contributed by atoms with E-state index in [1.165, 1.54) is 24.7 Å². The summed E-state index contributed by atoms with van der Waals surface area (Å²) in [5.41, 5.74) is 0.551. The van der Waals surface area contributed by atoms with Gasteiger partial charge in [-0.25, -0.2) is 0 Å².